The summed E-state index contributed by atoms with van der Waals surface area (Å²) < 4.78 is 9.51. The highest BCUT2D eigenvalue weighted by atomic mass is 35.5. The minimum atomic E-state index is -1.68. The van der Waals surface area contributed by atoms with Gasteiger partial charge in [0, 0.05) is 11.6 Å². The Bertz CT molecular complexity index is 809. The van der Waals surface area contributed by atoms with E-state index < -0.39 is 45.5 Å². The topological polar surface area (TPSA) is 145 Å². The number of carbonyl (C=O) groups is 3. The second-order valence-electron chi connectivity index (χ2n) is 6.55. The Balaban J connectivity index is 3.36. The number of halogens is 1. The summed E-state index contributed by atoms with van der Waals surface area (Å²) in [6.45, 7) is 4.74. The molecule has 0 aliphatic carbocycles. The molecule has 1 rings (SSSR count). The van der Waals surface area contributed by atoms with Crippen molar-refractivity contribution in [3.05, 3.63) is 38.4 Å². The zero-order chi connectivity index (χ0) is 21.8. The molecule has 10 nitrogen and oxygen atoms in total. The number of nitrogens with zero attached hydrogens (tertiary/aromatic N) is 1. The number of nitro groups is 1. The van der Waals surface area contributed by atoms with Gasteiger partial charge in [-0.2, -0.15) is 12.6 Å². The summed E-state index contributed by atoms with van der Waals surface area (Å²) in [4.78, 5) is 45.8. The van der Waals surface area contributed by atoms with Crippen LogP contribution in [0.4, 0.5) is 10.5 Å². The number of methoxy groups -OCH3 is 1. The normalized spacial score (nSPS) is 13.2. The minimum absolute atomic E-state index is 0.201. The van der Waals surface area contributed by atoms with E-state index >= 15 is 0 Å². The van der Waals surface area contributed by atoms with Crippen LogP contribution in [0.3, 0.4) is 0 Å². The van der Waals surface area contributed by atoms with Gasteiger partial charge >= 0.3 is 18.0 Å². The lowest BCUT2D eigenvalue weighted by molar-refractivity contribution is -0.385. The highest BCUT2D eigenvalue weighted by Gasteiger charge is 2.35. The van der Waals surface area contributed by atoms with Crippen LogP contribution < -0.4 is 5.32 Å². The van der Waals surface area contributed by atoms with Crippen LogP contribution in [0.25, 0.3) is 0 Å². The Hall–Kier alpha value is -2.53. The van der Waals surface area contributed by atoms with Crippen molar-refractivity contribution < 1.29 is 33.9 Å². The fourth-order valence-electron chi connectivity index (χ4n) is 2.13. The van der Waals surface area contributed by atoms with Crippen LogP contribution in [-0.4, -0.2) is 46.8 Å². The number of amides is 1. The number of alkyl carbamates (subject to hydrolysis) is 1. The lowest BCUT2D eigenvalue weighted by atomic mass is 10.0. The number of carboxylic acid groups (broad SMARTS) is 1. The predicted octanol–water partition coefficient (Wildman–Crippen LogP) is 2.98. The van der Waals surface area contributed by atoms with E-state index in [-0.39, 0.29) is 16.1 Å². The minimum Gasteiger partial charge on any atom is -0.480 e. The van der Waals surface area contributed by atoms with Gasteiger partial charge < -0.3 is 19.9 Å². The maximum Gasteiger partial charge on any atom is 0.408 e. The fraction of sp³-hybridized carbons (Fsp3) is 0.438. The summed E-state index contributed by atoms with van der Waals surface area (Å²) in [7, 11) is 1.07. The van der Waals surface area contributed by atoms with Crippen LogP contribution >= 0.6 is 24.2 Å². The first-order valence-corrected chi connectivity index (χ1v) is 8.64. The number of thiol groups is 1. The number of rotatable bonds is 6. The quantitative estimate of drug-likeness (QED) is 0.268. The molecule has 0 radical (unpaired) electrons. The fourth-order valence-corrected chi connectivity index (χ4v) is 2.79. The molecule has 0 heterocycles. The number of benzene rings is 1. The summed E-state index contributed by atoms with van der Waals surface area (Å²) >= 11 is 10.1. The van der Waals surface area contributed by atoms with Crippen molar-refractivity contribution in [3.63, 3.8) is 0 Å². The monoisotopic (exact) mass is 434 g/mol. The highest BCUT2D eigenvalue weighted by Crippen LogP contribution is 2.36. The summed E-state index contributed by atoms with van der Waals surface area (Å²) in [5, 5.41) is 21.4. The molecule has 28 heavy (non-hydrogen) atoms. The molecule has 1 amide bonds. The lowest BCUT2D eigenvalue weighted by Crippen LogP contribution is -2.45. The number of hydrogen-bond acceptors (Lipinski definition) is 8. The number of carbonyl (C=O) groups excluding carboxylic acids is 2. The Morgan fingerprint density at radius 3 is 2.32 bits per heavy atom. The first kappa shape index (κ1) is 23.5. The number of nitro benzene ring substituents is 1. The molecular formula is C16H19ClN2O8S. The molecule has 1 aromatic rings. The average molecular weight is 435 g/mol. The smallest absolute Gasteiger partial charge is 0.408 e. The third-order valence-electron chi connectivity index (χ3n) is 3.29. The molecule has 0 aliphatic rings. The van der Waals surface area contributed by atoms with Gasteiger partial charge in [-0.3, -0.25) is 10.1 Å². The number of carboxylic acids is 1. The van der Waals surface area contributed by atoms with Crippen molar-refractivity contribution in [2.75, 3.05) is 7.11 Å². The third-order valence-corrected chi connectivity index (χ3v) is 4.18. The molecule has 12 heteroatoms. The Kier molecular flexibility index (Phi) is 7.65. The number of nitrogens with one attached hydrogen (secondary N) is 1. The molecule has 0 spiro atoms. The van der Waals surface area contributed by atoms with Crippen LogP contribution in [0, 0.1) is 10.1 Å². The largest absolute Gasteiger partial charge is 0.480 e. The van der Waals surface area contributed by atoms with Crippen molar-refractivity contribution in [1.29, 1.82) is 0 Å². The number of ether oxygens (including phenoxy) is 2. The number of hydrogen-bond donors (Lipinski definition) is 3. The number of esters is 1. The lowest BCUT2D eigenvalue weighted by Gasteiger charge is -2.24. The van der Waals surface area contributed by atoms with Crippen molar-refractivity contribution in [2.24, 2.45) is 0 Å². The highest BCUT2D eigenvalue weighted by molar-refractivity contribution is 7.80. The van der Waals surface area contributed by atoms with Crippen molar-refractivity contribution in [2.45, 2.75) is 37.7 Å². The summed E-state index contributed by atoms with van der Waals surface area (Å²) in [5.74, 6) is -2.41. The molecule has 0 fully saturated rings. The van der Waals surface area contributed by atoms with Gasteiger partial charge in [-0.1, -0.05) is 11.6 Å². The van der Waals surface area contributed by atoms with E-state index in [1.54, 1.807) is 20.8 Å². The van der Waals surface area contributed by atoms with E-state index in [4.69, 9.17) is 16.3 Å². The molecule has 1 unspecified atom stereocenters. The van der Waals surface area contributed by atoms with E-state index in [1.807, 2.05) is 0 Å². The van der Waals surface area contributed by atoms with E-state index in [0.29, 0.717) is 0 Å². The molecular weight excluding hydrogens is 416 g/mol. The van der Waals surface area contributed by atoms with Crippen molar-refractivity contribution in [1.82, 2.24) is 5.32 Å². The summed E-state index contributed by atoms with van der Waals surface area (Å²) in [5.41, 5.74) is -1.99. The molecule has 0 saturated heterocycles. The molecule has 0 aliphatic heterocycles. The van der Waals surface area contributed by atoms with Crippen molar-refractivity contribution in [3.8, 4) is 0 Å². The Morgan fingerprint density at radius 1 is 1.32 bits per heavy atom. The molecule has 1 aromatic carbocycles. The van der Waals surface area contributed by atoms with Gasteiger partial charge in [-0.05, 0) is 26.8 Å². The maximum absolute atomic E-state index is 11.9. The third kappa shape index (κ3) is 5.99. The second-order valence-corrected chi connectivity index (χ2v) is 7.51. The van der Waals surface area contributed by atoms with Gasteiger partial charge in [-0.25, -0.2) is 14.4 Å². The molecule has 2 N–H and O–H groups in total. The van der Waals surface area contributed by atoms with Gasteiger partial charge in [-0.15, -0.1) is 0 Å². The predicted molar refractivity (Wildman–Crippen MR) is 102 cm³/mol. The summed E-state index contributed by atoms with van der Waals surface area (Å²) in [6, 6.07) is 0.215. The summed E-state index contributed by atoms with van der Waals surface area (Å²) in [6.07, 6.45) is -1.04. The molecule has 0 bridgehead atoms. The van der Waals surface area contributed by atoms with Gasteiger partial charge in [0.15, 0.2) is 0 Å². The van der Waals surface area contributed by atoms with Gasteiger partial charge in [0.25, 0.3) is 5.69 Å². The first-order chi connectivity index (χ1) is 12.8. The van der Waals surface area contributed by atoms with Crippen LogP contribution in [-0.2, 0) is 14.3 Å². The van der Waals surface area contributed by atoms with Gasteiger partial charge in [0.05, 0.1) is 27.9 Å². The van der Waals surface area contributed by atoms with Gasteiger partial charge in [0.1, 0.15) is 11.6 Å². The maximum atomic E-state index is 11.9. The van der Waals surface area contributed by atoms with Crippen LogP contribution in [0.1, 0.15) is 41.9 Å². The zero-order valence-electron chi connectivity index (χ0n) is 15.4. The molecule has 0 saturated carbocycles. The van der Waals surface area contributed by atoms with Gasteiger partial charge in [0.2, 0.25) is 0 Å². The van der Waals surface area contributed by atoms with E-state index in [0.717, 1.165) is 19.2 Å². The standard InChI is InChI=1S/C16H19ClN2O8S/c1-16(2,3)27-15(23)18-11(13(20)21)12(28)8-5-9(17)7(14(22)26-4)6-10(8)19(24)25/h5-6,11-12,28H,1-4H3,(H,18,23)(H,20,21)/t11-,12?/m0/s1. The van der Waals surface area contributed by atoms with E-state index in [2.05, 4.69) is 22.7 Å². The Morgan fingerprint density at radius 2 is 1.89 bits per heavy atom. The second kappa shape index (κ2) is 9.11. The van der Waals surface area contributed by atoms with Crippen molar-refractivity contribution >= 4 is 47.9 Å². The SMILES string of the molecule is COC(=O)c1cc([N+](=O)[O-])c(C(S)[C@H](NC(=O)OC(C)(C)C)C(=O)O)cc1Cl. The Labute approximate surface area is 170 Å². The van der Waals surface area contributed by atoms with E-state index in [9.17, 15) is 29.6 Å². The average Bonchev–Trinajstić information content (AvgIpc) is 2.56. The molecule has 2 atom stereocenters. The van der Waals surface area contributed by atoms with Crippen LogP contribution in [0.15, 0.2) is 12.1 Å². The van der Waals surface area contributed by atoms with E-state index in [1.165, 1.54) is 0 Å². The van der Waals surface area contributed by atoms with Crippen LogP contribution in [0.2, 0.25) is 5.02 Å². The zero-order valence-corrected chi connectivity index (χ0v) is 17.0. The number of aliphatic carboxylic acids is 1. The molecule has 154 valence electrons. The molecule has 0 aromatic heterocycles. The first-order valence-electron chi connectivity index (χ1n) is 7.75. The van der Waals surface area contributed by atoms with Crippen LogP contribution in [0.5, 0.6) is 0 Å².